The van der Waals surface area contributed by atoms with Crippen LogP contribution in [0.3, 0.4) is 0 Å². The fourth-order valence-corrected chi connectivity index (χ4v) is 2.63. The summed E-state index contributed by atoms with van der Waals surface area (Å²) >= 11 is 0. The molecule has 1 aromatic rings. The molecule has 5 nitrogen and oxygen atoms in total. The van der Waals surface area contributed by atoms with Crippen LogP contribution in [0.1, 0.15) is 24.1 Å². The molecule has 1 saturated heterocycles. The minimum Gasteiger partial charge on any atom is -0.378 e. The van der Waals surface area contributed by atoms with Crippen molar-refractivity contribution in [2.24, 2.45) is 0 Å². The normalized spacial score (nSPS) is 20.1. The maximum Gasteiger partial charge on any atom is 0.222 e. The van der Waals surface area contributed by atoms with E-state index in [1.165, 1.54) is 18.4 Å². The molecule has 1 aromatic heterocycles. The molecule has 1 fully saturated rings. The van der Waals surface area contributed by atoms with E-state index in [2.05, 4.69) is 14.9 Å². The van der Waals surface area contributed by atoms with Gasteiger partial charge in [0.1, 0.15) is 5.82 Å². The summed E-state index contributed by atoms with van der Waals surface area (Å²) in [5, 5.41) is 0. The number of aryl methyl sites for hydroxylation is 1. The van der Waals surface area contributed by atoms with Crippen LogP contribution in [-0.2, 0) is 17.6 Å². The van der Waals surface area contributed by atoms with Crippen molar-refractivity contribution in [3.8, 4) is 0 Å². The van der Waals surface area contributed by atoms with Gasteiger partial charge in [-0.25, -0.2) is 4.98 Å². The number of anilines is 2. The molecule has 2 heterocycles. The van der Waals surface area contributed by atoms with Gasteiger partial charge in [0.05, 0.1) is 18.9 Å². The number of nitrogens with zero attached hydrogens (tertiary/aromatic N) is 3. The highest BCUT2D eigenvalue weighted by molar-refractivity contribution is 5.53. The fraction of sp³-hybridized carbons (Fsp3) is 0.667. The van der Waals surface area contributed by atoms with Crippen molar-refractivity contribution in [3.05, 3.63) is 11.3 Å². The molecule has 0 aromatic carbocycles. The minimum atomic E-state index is 0.409. The van der Waals surface area contributed by atoms with Crippen LogP contribution in [0, 0.1) is 0 Å². The highest BCUT2D eigenvalue weighted by atomic mass is 16.5. The molecule has 0 saturated carbocycles. The maximum absolute atomic E-state index is 5.81. The van der Waals surface area contributed by atoms with Crippen molar-refractivity contribution in [2.75, 3.05) is 36.9 Å². The maximum atomic E-state index is 5.81. The average molecular weight is 234 g/mol. The Morgan fingerprint density at radius 3 is 2.65 bits per heavy atom. The van der Waals surface area contributed by atoms with Crippen LogP contribution in [0.5, 0.6) is 0 Å². The molecule has 0 radical (unpaired) electrons. The standard InChI is InChI=1S/C12H18N4O/c13-12-14-10-4-2-1-3-9(10)11(15-12)16-5-7-17-8-6-16/h1-8H2,(H2,13,14,15). The first-order chi connectivity index (χ1) is 8.34. The van der Waals surface area contributed by atoms with E-state index < -0.39 is 0 Å². The lowest BCUT2D eigenvalue weighted by Crippen LogP contribution is -2.38. The van der Waals surface area contributed by atoms with Crippen molar-refractivity contribution in [1.29, 1.82) is 0 Å². The Labute approximate surface area is 101 Å². The van der Waals surface area contributed by atoms with Gasteiger partial charge in [0.2, 0.25) is 5.95 Å². The number of ether oxygens (including phenoxy) is 1. The summed E-state index contributed by atoms with van der Waals surface area (Å²) in [7, 11) is 0. The lowest BCUT2D eigenvalue weighted by atomic mass is 9.96. The van der Waals surface area contributed by atoms with Gasteiger partial charge in [0.15, 0.2) is 0 Å². The van der Waals surface area contributed by atoms with Gasteiger partial charge in [-0.1, -0.05) is 0 Å². The van der Waals surface area contributed by atoms with Crippen LogP contribution in [0.4, 0.5) is 11.8 Å². The number of nitrogen functional groups attached to an aromatic ring is 1. The van der Waals surface area contributed by atoms with Gasteiger partial charge in [0, 0.05) is 18.7 Å². The van der Waals surface area contributed by atoms with Gasteiger partial charge >= 0.3 is 0 Å². The van der Waals surface area contributed by atoms with Crippen molar-refractivity contribution in [3.63, 3.8) is 0 Å². The predicted octanol–water partition coefficient (Wildman–Crippen LogP) is 0.774. The van der Waals surface area contributed by atoms with Crippen LogP contribution in [-0.4, -0.2) is 36.3 Å². The number of hydrogen-bond acceptors (Lipinski definition) is 5. The SMILES string of the molecule is Nc1nc2c(c(N3CCOCC3)n1)CCCC2. The monoisotopic (exact) mass is 234 g/mol. The van der Waals surface area contributed by atoms with E-state index in [1.54, 1.807) is 0 Å². The largest absolute Gasteiger partial charge is 0.378 e. The Morgan fingerprint density at radius 2 is 1.82 bits per heavy atom. The van der Waals surface area contributed by atoms with E-state index in [0.29, 0.717) is 5.95 Å². The molecule has 0 amide bonds. The Hall–Kier alpha value is -1.36. The van der Waals surface area contributed by atoms with Gasteiger partial charge in [-0.2, -0.15) is 4.98 Å². The first kappa shape index (κ1) is 10.8. The molecule has 92 valence electrons. The summed E-state index contributed by atoms with van der Waals surface area (Å²) in [6.07, 6.45) is 4.57. The van der Waals surface area contributed by atoms with Crippen LogP contribution in [0.25, 0.3) is 0 Å². The second-order valence-corrected chi connectivity index (χ2v) is 4.64. The first-order valence-electron chi connectivity index (χ1n) is 6.32. The summed E-state index contributed by atoms with van der Waals surface area (Å²) in [6, 6.07) is 0. The van der Waals surface area contributed by atoms with Crippen molar-refractivity contribution in [2.45, 2.75) is 25.7 Å². The second kappa shape index (κ2) is 4.49. The van der Waals surface area contributed by atoms with Gasteiger partial charge in [-0.3, -0.25) is 0 Å². The van der Waals surface area contributed by atoms with E-state index >= 15 is 0 Å². The smallest absolute Gasteiger partial charge is 0.222 e. The molecule has 17 heavy (non-hydrogen) atoms. The average Bonchev–Trinajstić information content (AvgIpc) is 2.39. The number of morpholine rings is 1. The zero-order chi connectivity index (χ0) is 11.7. The molecule has 0 spiro atoms. The number of hydrogen-bond donors (Lipinski definition) is 1. The molecular weight excluding hydrogens is 216 g/mol. The molecule has 0 bridgehead atoms. The molecule has 3 rings (SSSR count). The Morgan fingerprint density at radius 1 is 1.06 bits per heavy atom. The highest BCUT2D eigenvalue weighted by Gasteiger charge is 2.22. The molecule has 1 aliphatic carbocycles. The number of nitrogens with two attached hydrogens (primary N) is 1. The van der Waals surface area contributed by atoms with E-state index in [-0.39, 0.29) is 0 Å². The fourth-order valence-electron chi connectivity index (χ4n) is 2.63. The summed E-state index contributed by atoms with van der Waals surface area (Å²) in [6.45, 7) is 3.36. The lowest BCUT2D eigenvalue weighted by Gasteiger charge is -2.31. The summed E-state index contributed by atoms with van der Waals surface area (Å²) < 4.78 is 5.38. The molecule has 2 N–H and O–H groups in total. The Bertz CT molecular complexity index is 415. The summed E-state index contributed by atoms with van der Waals surface area (Å²) in [4.78, 5) is 11.1. The number of fused-ring (bicyclic) bond motifs is 1. The van der Waals surface area contributed by atoms with Crippen molar-refractivity contribution < 1.29 is 4.74 Å². The predicted molar refractivity (Wildman–Crippen MR) is 66.1 cm³/mol. The van der Waals surface area contributed by atoms with Crippen molar-refractivity contribution in [1.82, 2.24) is 9.97 Å². The van der Waals surface area contributed by atoms with Crippen LogP contribution in [0.15, 0.2) is 0 Å². The van der Waals surface area contributed by atoms with E-state index in [9.17, 15) is 0 Å². The topological polar surface area (TPSA) is 64.3 Å². The van der Waals surface area contributed by atoms with Gasteiger partial charge in [-0.15, -0.1) is 0 Å². The first-order valence-corrected chi connectivity index (χ1v) is 6.32. The van der Waals surface area contributed by atoms with E-state index in [0.717, 1.165) is 50.7 Å². The molecule has 2 aliphatic rings. The third kappa shape index (κ3) is 2.07. The van der Waals surface area contributed by atoms with Crippen molar-refractivity contribution >= 4 is 11.8 Å². The molecule has 5 heteroatoms. The van der Waals surface area contributed by atoms with Gasteiger partial charge in [-0.05, 0) is 25.7 Å². The third-order valence-electron chi connectivity index (χ3n) is 3.49. The third-order valence-corrected chi connectivity index (χ3v) is 3.49. The number of rotatable bonds is 1. The Balaban J connectivity index is 1.98. The Kier molecular flexibility index (Phi) is 2.84. The van der Waals surface area contributed by atoms with Crippen LogP contribution < -0.4 is 10.6 Å². The zero-order valence-corrected chi connectivity index (χ0v) is 9.98. The van der Waals surface area contributed by atoms with E-state index in [4.69, 9.17) is 10.5 Å². The summed E-state index contributed by atoms with van der Waals surface area (Å²) in [5.74, 6) is 1.46. The highest BCUT2D eigenvalue weighted by Crippen LogP contribution is 2.28. The molecule has 0 atom stereocenters. The van der Waals surface area contributed by atoms with Crippen LogP contribution in [0.2, 0.25) is 0 Å². The summed E-state index contributed by atoms with van der Waals surface area (Å²) in [5.41, 5.74) is 8.28. The second-order valence-electron chi connectivity index (χ2n) is 4.64. The lowest BCUT2D eigenvalue weighted by molar-refractivity contribution is 0.122. The van der Waals surface area contributed by atoms with Gasteiger partial charge < -0.3 is 15.4 Å². The molecule has 0 unspecified atom stereocenters. The number of aromatic nitrogens is 2. The van der Waals surface area contributed by atoms with E-state index in [1.807, 2.05) is 0 Å². The van der Waals surface area contributed by atoms with Gasteiger partial charge in [0.25, 0.3) is 0 Å². The molecule has 1 aliphatic heterocycles. The quantitative estimate of drug-likeness (QED) is 0.777. The zero-order valence-electron chi connectivity index (χ0n) is 9.98. The minimum absolute atomic E-state index is 0.409. The van der Waals surface area contributed by atoms with Crippen LogP contribution >= 0.6 is 0 Å². The molecular formula is C12H18N4O.